The van der Waals surface area contributed by atoms with Crippen molar-refractivity contribution >= 4 is 34.1 Å². The summed E-state index contributed by atoms with van der Waals surface area (Å²) in [6.07, 6.45) is 2.52. The molecule has 0 fully saturated rings. The molecule has 0 aliphatic rings. The van der Waals surface area contributed by atoms with E-state index in [2.05, 4.69) is 27.5 Å². The van der Waals surface area contributed by atoms with Gasteiger partial charge in [0.2, 0.25) is 10.6 Å². The Morgan fingerprint density at radius 1 is 1.26 bits per heavy atom. The fourth-order valence-corrected chi connectivity index (χ4v) is 3.78. The molecule has 0 radical (unpaired) electrons. The van der Waals surface area contributed by atoms with Crippen LogP contribution in [0.25, 0.3) is 5.69 Å². The van der Waals surface area contributed by atoms with Crippen LogP contribution in [0, 0.1) is 0 Å². The first kappa shape index (κ1) is 19.1. The number of amides is 1. The van der Waals surface area contributed by atoms with Crippen molar-refractivity contribution in [1.29, 1.82) is 0 Å². The minimum absolute atomic E-state index is 0.216. The second kappa shape index (κ2) is 8.78. The first-order valence-electron chi connectivity index (χ1n) is 8.12. The van der Waals surface area contributed by atoms with Crippen molar-refractivity contribution in [2.45, 2.75) is 17.7 Å². The van der Waals surface area contributed by atoms with E-state index >= 15 is 0 Å². The number of methoxy groups -OCH3 is 1. The third-order valence-electron chi connectivity index (χ3n) is 3.42. The SMILES string of the molecule is CCCSc1nnc(NC(=O)c2nn(-c3ccc(OC)cc3)ccc2=O)s1. The number of anilines is 1. The molecular formula is C17H17N5O3S2. The number of rotatable bonds is 7. The van der Waals surface area contributed by atoms with E-state index in [0.717, 1.165) is 16.5 Å². The number of thioether (sulfide) groups is 1. The lowest BCUT2D eigenvalue weighted by Crippen LogP contribution is -2.25. The number of benzene rings is 1. The van der Waals surface area contributed by atoms with Gasteiger partial charge in [0.25, 0.3) is 5.91 Å². The molecule has 8 nitrogen and oxygen atoms in total. The molecule has 0 aliphatic carbocycles. The van der Waals surface area contributed by atoms with Gasteiger partial charge in [-0.2, -0.15) is 5.10 Å². The van der Waals surface area contributed by atoms with E-state index in [-0.39, 0.29) is 5.69 Å². The fourth-order valence-electron chi connectivity index (χ4n) is 2.11. The quantitative estimate of drug-likeness (QED) is 0.478. The van der Waals surface area contributed by atoms with E-state index in [1.165, 1.54) is 28.3 Å². The molecule has 0 saturated heterocycles. The molecule has 3 rings (SSSR count). The Hall–Kier alpha value is -2.72. The maximum Gasteiger partial charge on any atom is 0.282 e. The van der Waals surface area contributed by atoms with E-state index in [9.17, 15) is 9.59 Å². The van der Waals surface area contributed by atoms with Gasteiger partial charge in [-0.05, 0) is 30.7 Å². The smallest absolute Gasteiger partial charge is 0.282 e. The summed E-state index contributed by atoms with van der Waals surface area (Å²) >= 11 is 2.84. The highest BCUT2D eigenvalue weighted by molar-refractivity contribution is 8.01. The summed E-state index contributed by atoms with van der Waals surface area (Å²) in [4.78, 5) is 24.6. The van der Waals surface area contributed by atoms with Gasteiger partial charge in [-0.3, -0.25) is 14.9 Å². The van der Waals surface area contributed by atoms with Crippen LogP contribution in [-0.2, 0) is 0 Å². The molecule has 1 amide bonds. The monoisotopic (exact) mass is 403 g/mol. The van der Waals surface area contributed by atoms with Crippen molar-refractivity contribution < 1.29 is 9.53 Å². The Bertz CT molecular complexity index is 985. The lowest BCUT2D eigenvalue weighted by Gasteiger charge is -2.08. The van der Waals surface area contributed by atoms with E-state index < -0.39 is 11.3 Å². The van der Waals surface area contributed by atoms with E-state index in [0.29, 0.717) is 16.6 Å². The molecule has 0 spiro atoms. The predicted octanol–water partition coefficient (Wildman–Crippen LogP) is 2.85. The minimum atomic E-state index is -0.619. The third kappa shape index (κ3) is 4.72. The molecule has 1 aromatic carbocycles. The highest BCUT2D eigenvalue weighted by Crippen LogP contribution is 2.25. The Balaban J connectivity index is 1.79. The summed E-state index contributed by atoms with van der Waals surface area (Å²) in [5.74, 6) is 1.01. The molecule has 0 atom stereocenters. The molecule has 140 valence electrons. The standard InChI is InChI=1S/C17H17N5O3S2/c1-3-10-26-17-20-19-16(27-17)18-15(24)14-13(23)8-9-22(21-14)11-4-6-12(25-2)7-5-11/h4-9H,3,10H2,1-2H3,(H,18,19,24). The van der Waals surface area contributed by atoms with Crippen LogP contribution in [0.3, 0.4) is 0 Å². The van der Waals surface area contributed by atoms with Crippen LogP contribution in [-0.4, -0.2) is 38.7 Å². The van der Waals surface area contributed by atoms with Gasteiger partial charge in [0.15, 0.2) is 10.0 Å². The van der Waals surface area contributed by atoms with Crippen molar-refractivity contribution in [3.63, 3.8) is 0 Å². The largest absolute Gasteiger partial charge is 0.497 e. The molecule has 0 aliphatic heterocycles. The Labute approximate surface area is 163 Å². The molecule has 2 heterocycles. The molecule has 0 unspecified atom stereocenters. The van der Waals surface area contributed by atoms with Crippen LogP contribution in [0.4, 0.5) is 5.13 Å². The molecule has 27 heavy (non-hydrogen) atoms. The number of hydrogen-bond acceptors (Lipinski definition) is 8. The molecule has 3 aromatic rings. The number of carbonyl (C=O) groups is 1. The van der Waals surface area contributed by atoms with Gasteiger partial charge in [0.1, 0.15) is 5.75 Å². The van der Waals surface area contributed by atoms with Crippen molar-refractivity contribution in [2.75, 3.05) is 18.2 Å². The molecule has 10 heteroatoms. The summed E-state index contributed by atoms with van der Waals surface area (Å²) < 4.78 is 7.35. The van der Waals surface area contributed by atoms with Crippen LogP contribution in [0.5, 0.6) is 5.75 Å². The lowest BCUT2D eigenvalue weighted by atomic mass is 10.3. The number of aromatic nitrogens is 4. The third-order valence-corrected chi connectivity index (χ3v) is 5.59. The second-order valence-corrected chi connectivity index (χ2v) is 7.67. The first-order chi connectivity index (χ1) is 13.1. The molecule has 1 N–H and O–H groups in total. The topological polar surface area (TPSA) is 99.0 Å². The van der Waals surface area contributed by atoms with Gasteiger partial charge in [-0.15, -0.1) is 10.2 Å². The van der Waals surface area contributed by atoms with Gasteiger partial charge in [0, 0.05) is 18.0 Å². The Kier molecular flexibility index (Phi) is 6.20. The van der Waals surface area contributed by atoms with Crippen LogP contribution < -0.4 is 15.5 Å². The first-order valence-corrected chi connectivity index (χ1v) is 9.93. The van der Waals surface area contributed by atoms with Gasteiger partial charge < -0.3 is 4.74 Å². The normalized spacial score (nSPS) is 10.6. The van der Waals surface area contributed by atoms with Gasteiger partial charge in [-0.1, -0.05) is 30.0 Å². The summed E-state index contributed by atoms with van der Waals surface area (Å²) in [6, 6.07) is 8.39. The van der Waals surface area contributed by atoms with Crippen molar-refractivity contribution in [3.05, 3.63) is 52.4 Å². The average Bonchev–Trinajstić information content (AvgIpc) is 3.14. The van der Waals surface area contributed by atoms with Gasteiger partial charge >= 0.3 is 0 Å². The predicted molar refractivity (Wildman–Crippen MR) is 105 cm³/mol. The van der Waals surface area contributed by atoms with Crippen LogP contribution >= 0.6 is 23.1 Å². The summed E-state index contributed by atoms with van der Waals surface area (Å²) in [5, 5.41) is 15.0. The highest BCUT2D eigenvalue weighted by Gasteiger charge is 2.16. The zero-order chi connectivity index (χ0) is 19.2. The van der Waals surface area contributed by atoms with Gasteiger partial charge in [-0.25, -0.2) is 4.68 Å². The van der Waals surface area contributed by atoms with Crippen LogP contribution in [0.1, 0.15) is 23.8 Å². The number of carbonyl (C=O) groups excluding carboxylic acids is 1. The molecule has 0 saturated carbocycles. The number of hydrogen-bond donors (Lipinski definition) is 1. The van der Waals surface area contributed by atoms with Crippen molar-refractivity contribution in [2.24, 2.45) is 0 Å². The average molecular weight is 403 g/mol. The molecular weight excluding hydrogens is 386 g/mol. The van der Waals surface area contributed by atoms with Crippen LogP contribution in [0.15, 0.2) is 45.7 Å². The van der Waals surface area contributed by atoms with Gasteiger partial charge in [0.05, 0.1) is 12.8 Å². The van der Waals surface area contributed by atoms with Crippen molar-refractivity contribution in [3.8, 4) is 11.4 Å². The highest BCUT2D eigenvalue weighted by atomic mass is 32.2. The maximum absolute atomic E-state index is 12.5. The summed E-state index contributed by atoms with van der Waals surface area (Å²) in [7, 11) is 1.58. The number of nitrogens with one attached hydrogen (secondary N) is 1. The fraction of sp³-hybridized carbons (Fsp3) is 0.235. The van der Waals surface area contributed by atoms with E-state index in [1.54, 1.807) is 43.1 Å². The summed E-state index contributed by atoms with van der Waals surface area (Å²) in [5.41, 5.74) is 0.00709. The second-order valence-electron chi connectivity index (χ2n) is 5.35. The van der Waals surface area contributed by atoms with Crippen LogP contribution in [0.2, 0.25) is 0 Å². The molecule has 0 bridgehead atoms. The zero-order valence-electron chi connectivity index (χ0n) is 14.7. The summed E-state index contributed by atoms with van der Waals surface area (Å²) in [6.45, 7) is 2.08. The maximum atomic E-state index is 12.5. The van der Waals surface area contributed by atoms with E-state index in [4.69, 9.17) is 4.74 Å². The molecule has 2 aromatic heterocycles. The Morgan fingerprint density at radius 3 is 2.74 bits per heavy atom. The van der Waals surface area contributed by atoms with Crippen molar-refractivity contribution in [1.82, 2.24) is 20.0 Å². The number of nitrogens with zero attached hydrogens (tertiary/aromatic N) is 4. The Morgan fingerprint density at radius 2 is 2.04 bits per heavy atom. The van der Waals surface area contributed by atoms with E-state index in [1.807, 2.05) is 0 Å². The number of ether oxygens (including phenoxy) is 1. The zero-order valence-corrected chi connectivity index (χ0v) is 16.3. The lowest BCUT2D eigenvalue weighted by molar-refractivity contribution is 0.101. The minimum Gasteiger partial charge on any atom is -0.497 e.